The van der Waals surface area contributed by atoms with Crippen molar-refractivity contribution in [3.63, 3.8) is 0 Å². The maximum absolute atomic E-state index is 9.00. The first-order valence-corrected chi connectivity index (χ1v) is 3.46. The molecule has 0 aromatic rings. The van der Waals surface area contributed by atoms with E-state index in [2.05, 4.69) is 13.8 Å². The molecule has 0 fully saturated rings. The van der Waals surface area contributed by atoms with Gasteiger partial charge in [-0.05, 0) is 12.8 Å². The standard InChI is InChI=1S/C7H16O2/c1-4-9-7(8)5-6(2)3/h6-8H,4-5H2,1-3H3/t7-/m1/s1. The van der Waals surface area contributed by atoms with Gasteiger partial charge in [0.1, 0.15) is 0 Å². The number of rotatable bonds is 4. The molecule has 0 bridgehead atoms. The predicted octanol–water partition coefficient (Wildman–Crippen LogP) is 1.39. The molecule has 0 aromatic carbocycles. The minimum atomic E-state index is -0.560. The van der Waals surface area contributed by atoms with Crippen molar-refractivity contribution in [2.75, 3.05) is 6.61 Å². The summed E-state index contributed by atoms with van der Waals surface area (Å²) >= 11 is 0. The van der Waals surface area contributed by atoms with E-state index in [1.165, 1.54) is 0 Å². The van der Waals surface area contributed by atoms with Crippen molar-refractivity contribution in [3.8, 4) is 0 Å². The number of ether oxygens (including phenoxy) is 1. The maximum Gasteiger partial charge on any atom is 0.154 e. The lowest BCUT2D eigenvalue weighted by molar-refractivity contribution is -0.104. The summed E-state index contributed by atoms with van der Waals surface area (Å²) in [5.41, 5.74) is 0. The van der Waals surface area contributed by atoms with Gasteiger partial charge in [-0.15, -0.1) is 0 Å². The second-order valence-corrected chi connectivity index (χ2v) is 2.54. The monoisotopic (exact) mass is 132 g/mol. The van der Waals surface area contributed by atoms with Gasteiger partial charge in [-0.25, -0.2) is 0 Å². The van der Waals surface area contributed by atoms with Gasteiger partial charge in [0.15, 0.2) is 6.29 Å². The third-order valence-electron chi connectivity index (χ3n) is 1.03. The Morgan fingerprint density at radius 1 is 1.44 bits per heavy atom. The molecule has 1 N–H and O–H groups in total. The van der Waals surface area contributed by atoms with E-state index in [1.807, 2.05) is 6.92 Å². The van der Waals surface area contributed by atoms with Crippen LogP contribution in [0.3, 0.4) is 0 Å². The van der Waals surface area contributed by atoms with Crippen LogP contribution in [0.4, 0.5) is 0 Å². The molecule has 2 nitrogen and oxygen atoms in total. The molecule has 0 aliphatic carbocycles. The van der Waals surface area contributed by atoms with Crippen LogP contribution in [0.25, 0.3) is 0 Å². The number of hydrogen-bond donors (Lipinski definition) is 1. The van der Waals surface area contributed by atoms with Gasteiger partial charge in [0, 0.05) is 13.0 Å². The zero-order chi connectivity index (χ0) is 7.28. The van der Waals surface area contributed by atoms with E-state index >= 15 is 0 Å². The van der Waals surface area contributed by atoms with E-state index in [0.29, 0.717) is 12.5 Å². The SMILES string of the molecule is CCO[C@@H](O)CC(C)C. The highest BCUT2D eigenvalue weighted by molar-refractivity contribution is 4.46. The van der Waals surface area contributed by atoms with Crippen molar-refractivity contribution in [2.45, 2.75) is 33.5 Å². The van der Waals surface area contributed by atoms with E-state index in [4.69, 9.17) is 9.84 Å². The van der Waals surface area contributed by atoms with Crippen LogP contribution in [-0.2, 0) is 4.74 Å². The summed E-state index contributed by atoms with van der Waals surface area (Å²) in [7, 11) is 0. The smallest absolute Gasteiger partial charge is 0.154 e. The Hall–Kier alpha value is -0.0800. The van der Waals surface area contributed by atoms with Crippen molar-refractivity contribution in [1.29, 1.82) is 0 Å². The Bertz CT molecular complexity index is 61.9. The Kier molecular flexibility index (Phi) is 4.72. The van der Waals surface area contributed by atoms with Gasteiger partial charge >= 0.3 is 0 Å². The second-order valence-electron chi connectivity index (χ2n) is 2.54. The van der Waals surface area contributed by atoms with Crippen LogP contribution < -0.4 is 0 Å². The second kappa shape index (κ2) is 4.77. The van der Waals surface area contributed by atoms with E-state index in [1.54, 1.807) is 0 Å². The van der Waals surface area contributed by atoms with Gasteiger partial charge < -0.3 is 9.84 Å². The van der Waals surface area contributed by atoms with Crippen LogP contribution in [0.5, 0.6) is 0 Å². The highest BCUT2D eigenvalue weighted by Crippen LogP contribution is 2.04. The summed E-state index contributed by atoms with van der Waals surface area (Å²) < 4.78 is 4.91. The lowest BCUT2D eigenvalue weighted by atomic mass is 10.1. The Balaban J connectivity index is 3.15. The maximum atomic E-state index is 9.00. The molecule has 0 radical (unpaired) electrons. The molecule has 0 spiro atoms. The van der Waals surface area contributed by atoms with Crippen molar-refractivity contribution >= 4 is 0 Å². The minimum Gasteiger partial charge on any atom is -0.368 e. The van der Waals surface area contributed by atoms with Crippen LogP contribution in [0, 0.1) is 5.92 Å². The third-order valence-corrected chi connectivity index (χ3v) is 1.03. The highest BCUT2D eigenvalue weighted by Gasteiger charge is 2.04. The van der Waals surface area contributed by atoms with Crippen LogP contribution in [0.15, 0.2) is 0 Å². The largest absolute Gasteiger partial charge is 0.368 e. The topological polar surface area (TPSA) is 29.5 Å². The first-order valence-electron chi connectivity index (χ1n) is 3.46. The molecule has 56 valence electrons. The Morgan fingerprint density at radius 3 is 2.33 bits per heavy atom. The van der Waals surface area contributed by atoms with Crippen LogP contribution in [0.2, 0.25) is 0 Å². The van der Waals surface area contributed by atoms with Gasteiger partial charge in [0.2, 0.25) is 0 Å². The molecule has 2 heteroatoms. The quantitative estimate of drug-likeness (QED) is 0.586. The van der Waals surface area contributed by atoms with Crippen LogP contribution in [-0.4, -0.2) is 18.0 Å². The summed E-state index contributed by atoms with van der Waals surface area (Å²) in [4.78, 5) is 0. The molecule has 0 aliphatic rings. The van der Waals surface area contributed by atoms with Gasteiger partial charge in [-0.3, -0.25) is 0 Å². The van der Waals surface area contributed by atoms with Crippen molar-refractivity contribution in [3.05, 3.63) is 0 Å². The zero-order valence-corrected chi connectivity index (χ0v) is 6.42. The van der Waals surface area contributed by atoms with E-state index in [-0.39, 0.29) is 0 Å². The molecule has 0 saturated heterocycles. The molecule has 0 unspecified atom stereocenters. The summed E-state index contributed by atoms with van der Waals surface area (Å²) in [6.07, 6.45) is 0.170. The van der Waals surface area contributed by atoms with Gasteiger partial charge in [-0.1, -0.05) is 13.8 Å². The molecule has 0 rings (SSSR count). The first-order chi connectivity index (χ1) is 4.16. The normalized spacial score (nSPS) is 14.3. The summed E-state index contributed by atoms with van der Waals surface area (Å²) in [6.45, 7) is 6.59. The Labute approximate surface area is 56.8 Å². The van der Waals surface area contributed by atoms with Crippen LogP contribution >= 0.6 is 0 Å². The minimum absolute atomic E-state index is 0.506. The molecule has 0 heterocycles. The number of aliphatic hydroxyl groups is 1. The number of hydrogen-bond acceptors (Lipinski definition) is 2. The van der Waals surface area contributed by atoms with Crippen molar-refractivity contribution in [1.82, 2.24) is 0 Å². The lowest BCUT2D eigenvalue weighted by Gasteiger charge is -2.11. The third kappa shape index (κ3) is 5.80. The molecular weight excluding hydrogens is 116 g/mol. The first kappa shape index (κ1) is 8.92. The van der Waals surface area contributed by atoms with Crippen molar-refractivity contribution in [2.24, 2.45) is 5.92 Å². The van der Waals surface area contributed by atoms with Gasteiger partial charge in [0.05, 0.1) is 0 Å². The van der Waals surface area contributed by atoms with Gasteiger partial charge in [0.25, 0.3) is 0 Å². The average Bonchev–Trinajstić information content (AvgIpc) is 1.63. The molecule has 0 saturated carbocycles. The fourth-order valence-electron chi connectivity index (χ4n) is 0.664. The molecular formula is C7H16O2. The molecule has 0 amide bonds. The fourth-order valence-corrected chi connectivity index (χ4v) is 0.664. The van der Waals surface area contributed by atoms with Crippen molar-refractivity contribution < 1.29 is 9.84 Å². The van der Waals surface area contributed by atoms with Crippen LogP contribution in [0.1, 0.15) is 27.2 Å². The molecule has 0 aliphatic heterocycles. The summed E-state index contributed by atoms with van der Waals surface area (Å²) in [5.74, 6) is 0.506. The zero-order valence-electron chi connectivity index (χ0n) is 6.42. The van der Waals surface area contributed by atoms with E-state index < -0.39 is 6.29 Å². The fraction of sp³-hybridized carbons (Fsp3) is 1.00. The summed E-state index contributed by atoms with van der Waals surface area (Å²) in [6, 6.07) is 0. The average molecular weight is 132 g/mol. The van der Waals surface area contributed by atoms with Gasteiger partial charge in [-0.2, -0.15) is 0 Å². The highest BCUT2D eigenvalue weighted by atomic mass is 16.6. The van der Waals surface area contributed by atoms with E-state index in [9.17, 15) is 0 Å². The summed E-state index contributed by atoms with van der Waals surface area (Å²) in [5, 5.41) is 9.00. The predicted molar refractivity (Wildman–Crippen MR) is 37.1 cm³/mol. The molecule has 1 atom stereocenters. The lowest BCUT2D eigenvalue weighted by Crippen LogP contribution is -2.13. The van der Waals surface area contributed by atoms with E-state index in [0.717, 1.165) is 6.42 Å². The molecule has 9 heavy (non-hydrogen) atoms. The Morgan fingerprint density at radius 2 is 2.00 bits per heavy atom. The molecule has 0 aromatic heterocycles. The number of aliphatic hydroxyl groups excluding tert-OH is 1.